The van der Waals surface area contributed by atoms with Crippen molar-refractivity contribution in [3.05, 3.63) is 0 Å². The number of ether oxygens (including phenoxy) is 1. The molecule has 2 fully saturated rings. The average molecular weight is 360 g/mol. The van der Waals surface area contributed by atoms with Crippen LogP contribution in [0.5, 0.6) is 0 Å². The Bertz CT molecular complexity index is 543. The summed E-state index contributed by atoms with van der Waals surface area (Å²) < 4.78 is 28.4. The van der Waals surface area contributed by atoms with Gasteiger partial charge in [0.05, 0.1) is 24.2 Å². The molecule has 8 heteroatoms. The van der Waals surface area contributed by atoms with Gasteiger partial charge in [-0.3, -0.25) is 4.79 Å². The fraction of sp³-hybridized carbons (Fsp3) is 0.875. The third-order valence-corrected chi connectivity index (χ3v) is 6.53. The fourth-order valence-electron chi connectivity index (χ4n) is 3.46. The van der Waals surface area contributed by atoms with E-state index >= 15 is 0 Å². The van der Waals surface area contributed by atoms with Crippen LogP contribution in [0.2, 0.25) is 0 Å². The molecule has 0 bridgehead atoms. The van der Waals surface area contributed by atoms with Gasteiger partial charge in [0.2, 0.25) is 5.91 Å². The lowest BCUT2D eigenvalue weighted by Gasteiger charge is -2.28. The molecule has 1 aliphatic heterocycles. The van der Waals surface area contributed by atoms with E-state index in [-0.39, 0.29) is 42.5 Å². The topological polar surface area (TPSA) is 92.8 Å². The van der Waals surface area contributed by atoms with Gasteiger partial charge in [-0.15, -0.1) is 0 Å². The van der Waals surface area contributed by atoms with Crippen LogP contribution in [0.25, 0.3) is 0 Å². The van der Waals surface area contributed by atoms with Crippen molar-refractivity contribution < 1.29 is 22.7 Å². The van der Waals surface area contributed by atoms with Crippen LogP contribution in [0.4, 0.5) is 4.79 Å². The molecular weight excluding hydrogens is 332 g/mol. The smallest absolute Gasteiger partial charge is 0.410 e. The summed E-state index contributed by atoms with van der Waals surface area (Å²) in [5, 5.41) is 2.89. The van der Waals surface area contributed by atoms with E-state index in [2.05, 4.69) is 5.32 Å². The van der Waals surface area contributed by atoms with Gasteiger partial charge in [0.1, 0.15) is 0 Å². The molecule has 24 heavy (non-hydrogen) atoms. The molecule has 1 saturated carbocycles. The highest BCUT2D eigenvalue weighted by molar-refractivity contribution is 7.91. The zero-order valence-electron chi connectivity index (χ0n) is 14.3. The molecule has 2 amide bonds. The quantitative estimate of drug-likeness (QED) is 0.771. The monoisotopic (exact) mass is 360 g/mol. The summed E-state index contributed by atoms with van der Waals surface area (Å²) in [5.41, 5.74) is 0. The van der Waals surface area contributed by atoms with Gasteiger partial charge < -0.3 is 15.0 Å². The van der Waals surface area contributed by atoms with Crippen LogP contribution in [-0.2, 0) is 19.4 Å². The number of nitrogens with zero attached hydrogens (tertiary/aromatic N) is 1. The molecule has 2 rings (SSSR count). The van der Waals surface area contributed by atoms with Crippen LogP contribution in [0, 0.1) is 5.92 Å². The summed E-state index contributed by atoms with van der Waals surface area (Å²) in [4.78, 5) is 25.7. The van der Waals surface area contributed by atoms with Crippen LogP contribution >= 0.6 is 0 Å². The maximum Gasteiger partial charge on any atom is 0.410 e. The molecular formula is C16H28N2O5S. The summed E-state index contributed by atoms with van der Waals surface area (Å²) in [6, 6.07) is -0.361. The zero-order valence-corrected chi connectivity index (χ0v) is 15.1. The zero-order chi connectivity index (χ0) is 17.6. The van der Waals surface area contributed by atoms with E-state index in [0.717, 1.165) is 25.7 Å². The minimum atomic E-state index is -3.08. The van der Waals surface area contributed by atoms with Gasteiger partial charge in [-0.05, 0) is 26.2 Å². The number of nitrogens with one attached hydrogen (secondary N) is 1. The lowest BCUT2D eigenvalue weighted by Crippen LogP contribution is -2.46. The Balaban J connectivity index is 1.86. The maximum absolute atomic E-state index is 12.2. The van der Waals surface area contributed by atoms with Crippen molar-refractivity contribution in [1.29, 1.82) is 0 Å². The molecule has 1 aliphatic carbocycles. The number of rotatable bonds is 6. The van der Waals surface area contributed by atoms with Crippen molar-refractivity contribution in [3.8, 4) is 0 Å². The van der Waals surface area contributed by atoms with Gasteiger partial charge in [0, 0.05) is 19.0 Å². The highest BCUT2D eigenvalue weighted by Crippen LogP contribution is 2.23. The molecule has 2 aliphatic rings. The van der Waals surface area contributed by atoms with Crippen molar-refractivity contribution in [2.45, 2.75) is 51.5 Å². The first-order chi connectivity index (χ1) is 11.4. The van der Waals surface area contributed by atoms with Crippen LogP contribution in [0.3, 0.4) is 0 Å². The highest BCUT2D eigenvalue weighted by atomic mass is 32.2. The Hall–Kier alpha value is -1.31. The van der Waals surface area contributed by atoms with E-state index in [9.17, 15) is 18.0 Å². The van der Waals surface area contributed by atoms with E-state index in [4.69, 9.17) is 4.74 Å². The second kappa shape index (κ2) is 8.69. The average Bonchev–Trinajstić information content (AvgIpc) is 2.92. The van der Waals surface area contributed by atoms with Crippen LogP contribution < -0.4 is 5.32 Å². The Morgan fingerprint density at radius 3 is 2.46 bits per heavy atom. The normalized spacial score (nSPS) is 23.6. The lowest BCUT2D eigenvalue weighted by molar-refractivity contribution is -0.126. The first-order valence-corrected chi connectivity index (χ1v) is 10.7. The second-order valence-electron chi connectivity index (χ2n) is 6.58. The number of carbonyl (C=O) groups excluding carboxylic acids is 2. The highest BCUT2D eigenvalue weighted by Gasteiger charge is 2.35. The van der Waals surface area contributed by atoms with Gasteiger partial charge in [-0.1, -0.05) is 19.3 Å². The Morgan fingerprint density at radius 1 is 1.17 bits per heavy atom. The van der Waals surface area contributed by atoms with Crippen LogP contribution in [-0.4, -0.2) is 62.6 Å². The number of sulfone groups is 1. The maximum atomic E-state index is 12.2. The van der Waals surface area contributed by atoms with Gasteiger partial charge in [0.15, 0.2) is 9.84 Å². The lowest BCUT2D eigenvalue weighted by atomic mass is 9.89. The molecule has 0 unspecified atom stereocenters. The predicted octanol–water partition coefficient (Wildman–Crippen LogP) is 1.33. The molecule has 0 spiro atoms. The number of amides is 2. The third-order valence-electron chi connectivity index (χ3n) is 4.78. The molecule has 1 atom stereocenters. The Morgan fingerprint density at radius 2 is 1.88 bits per heavy atom. The SMILES string of the molecule is CCOC(=O)N(CCNC(=O)C1CCCCC1)[C@H]1CCS(=O)(=O)C1. The second-order valence-corrected chi connectivity index (χ2v) is 8.80. The first kappa shape index (κ1) is 19.0. The molecule has 0 aromatic carbocycles. The molecule has 1 heterocycles. The molecule has 138 valence electrons. The first-order valence-electron chi connectivity index (χ1n) is 8.84. The van der Waals surface area contributed by atoms with Crippen molar-refractivity contribution >= 4 is 21.8 Å². The fourth-order valence-corrected chi connectivity index (χ4v) is 5.19. The largest absolute Gasteiger partial charge is 0.450 e. The summed E-state index contributed by atoms with van der Waals surface area (Å²) >= 11 is 0. The molecule has 7 nitrogen and oxygen atoms in total. The van der Waals surface area contributed by atoms with Gasteiger partial charge in [-0.2, -0.15) is 0 Å². The van der Waals surface area contributed by atoms with Crippen molar-refractivity contribution in [2.24, 2.45) is 5.92 Å². The van der Waals surface area contributed by atoms with Crippen molar-refractivity contribution in [3.63, 3.8) is 0 Å². The number of hydrogen-bond acceptors (Lipinski definition) is 5. The van der Waals surface area contributed by atoms with E-state index in [1.165, 1.54) is 11.3 Å². The molecule has 0 aromatic rings. The summed E-state index contributed by atoms with van der Waals surface area (Å²) in [6.07, 6.45) is 5.14. The minimum Gasteiger partial charge on any atom is -0.450 e. The van der Waals surface area contributed by atoms with Gasteiger partial charge in [0.25, 0.3) is 0 Å². The predicted molar refractivity (Wildman–Crippen MR) is 90.4 cm³/mol. The summed E-state index contributed by atoms with van der Waals surface area (Å²) in [6.45, 7) is 2.55. The standard InChI is InChI=1S/C16H28N2O5S/c1-2-23-16(20)18(14-8-11-24(21,22)12-14)10-9-17-15(19)13-6-4-3-5-7-13/h13-14H,2-12H2,1H3,(H,17,19)/t14-/m0/s1. The van der Waals surface area contributed by atoms with Crippen molar-refractivity contribution in [1.82, 2.24) is 10.2 Å². The van der Waals surface area contributed by atoms with E-state index < -0.39 is 15.9 Å². The minimum absolute atomic E-state index is 0.0254. The molecule has 0 radical (unpaired) electrons. The Kier molecular flexibility index (Phi) is 6.89. The van der Waals surface area contributed by atoms with E-state index in [0.29, 0.717) is 13.0 Å². The van der Waals surface area contributed by atoms with Gasteiger partial charge >= 0.3 is 6.09 Å². The molecule has 0 aromatic heterocycles. The number of carbonyl (C=O) groups is 2. The van der Waals surface area contributed by atoms with Crippen LogP contribution in [0.1, 0.15) is 45.4 Å². The summed E-state index contributed by atoms with van der Waals surface area (Å²) in [7, 11) is -3.08. The van der Waals surface area contributed by atoms with Crippen LogP contribution in [0.15, 0.2) is 0 Å². The number of hydrogen-bond donors (Lipinski definition) is 1. The van der Waals surface area contributed by atoms with Crippen molar-refractivity contribution in [2.75, 3.05) is 31.2 Å². The third kappa shape index (κ3) is 5.36. The molecule has 1 N–H and O–H groups in total. The van der Waals surface area contributed by atoms with Gasteiger partial charge in [-0.25, -0.2) is 13.2 Å². The van der Waals surface area contributed by atoms with E-state index in [1.54, 1.807) is 6.92 Å². The van der Waals surface area contributed by atoms with E-state index in [1.807, 2.05) is 0 Å². The summed E-state index contributed by atoms with van der Waals surface area (Å²) in [5.74, 6) is 0.184. The molecule has 1 saturated heterocycles. The Labute approximate surface area is 144 Å².